The molecule has 3 aromatic rings. The molecule has 188 valence electrons. The van der Waals surface area contributed by atoms with E-state index in [0.29, 0.717) is 29.0 Å². The number of benzene rings is 1. The summed E-state index contributed by atoms with van der Waals surface area (Å²) in [7, 11) is 0. The van der Waals surface area contributed by atoms with Crippen LogP contribution in [0.2, 0.25) is 5.02 Å². The Balaban J connectivity index is 1.32. The molecule has 1 fully saturated rings. The van der Waals surface area contributed by atoms with Gasteiger partial charge in [0, 0.05) is 42.9 Å². The molecule has 0 saturated carbocycles. The summed E-state index contributed by atoms with van der Waals surface area (Å²) in [4.78, 5) is 39.2. The predicted molar refractivity (Wildman–Crippen MR) is 135 cm³/mol. The molecule has 12 heteroatoms. The number of amides is 2. The van der Waals surface area contributed by atoms with Crippen molar-refractivity contribution in [1.82, 2.24) is 25.2 Å². The Morgan fingerprint density at radius 1 is 1.11 bits per heavy atom. The Labute approximate surface area is 211 Å². The van der Waals surface area contributed by atoms with Gasteiger partial charge in [0.05, 0.1) is 29.9 Å². The van der Waals surface area contributed by atoms with Crippen LogP contribution in [0.1, 0.15) is 6.42 Å². The summed E-state index contributed by atoms with van der Waals surface area (Å²) < 4.78 is 18.8. The molecule has 0 unspecified atom stereocenters. The number of carbonyl (C=O) groups excluding carboxylic acids is 2. The summed E-state index contributed by atoms with van der Waals surface area (Å²) in [6, 6.07) is 5.80. The zero-order valence-electron chi connectivity index (χ0n) is 19.3. The average molecular weight is 514 g/mol. The predicted octanol–water partition coefficient (Wildman–Crippen LogP) is 2.89. The third kappa shape index (κ3) is 7.17. The molecular formula is C24H25ClFN7O3. The van der Waals surface area contributed by atoms with E-state index in [-0.39, 0.29) is 16.7 Å². The number of morpholine rings is 1. The second kappa shape index (κ2) is 12.3. The lowest BCUT2D eigenvalue weighted by Gasteiger charge is -2.26. The van der Waals surface area contributed by atoms with Crippen molar-refractivity contribution in [2.75, 3.05) is 50.0 Å². The highest BCUT2D eigenvalue weighted by Crippen LogP contribution is 2.26. The number of ether oxygens (including phenoxy) is 1. The maximum absolute atomic E-state index is 13.5. The first-order valence-electron chi connectivity index (χ1n) is 11.4. The van der Waals surface area contributed by atoms with E-state index in [0.717, 1.165) is 45.3 Å². The Morgan fingerprint density at radius 3 is 2.72 bits per heavy atom. The molecule has 1 aromatic carbocycles. The van der Waals surface area contributed by atoms with E-state index in [2.05, 4.69) is 35.8 Å². The maximum atomic E-state index is 13.5. The van der Waals surface area contributed by atoms with E-state index >= 15 is 0 Å². The SMILES string of the molecule is O=C(/C=C/C(=O)Nc1cc2c(Nc3ccc(F)c(Cl)c3)ncnc2cn1)NCCCN1CCOCC1. The molecule has 2 aromatic heterocycles. The number of nitrogens with one attached hydrogen (secondary N) is 3. The van der Waals surface area contributed by atoms with Gasteiger partial charge in [-0.15, -0.1) is 0 Å². The molecule has 0 aliphatic carbocycles. The van der Waals surface area contributed by atoms with Crippen LogP contribution in [0.3, 0.4) is 0 Å². The fourth-order valence-corrected chi connectivity index (χ4v) is 3.74. The molecule has 0 radical (unpaired) electrons. The normalized spacial score (nSPS) is 14.2. The Hall–Kier alpha value is -3.67. The van der Waals surface area contributed by atoms with Gasteiger partial charge in [0.15, 0.2) is 0 Å². The summed E-state index contributed by atoms with van der Waals surface area (Å²) in [6.07, 6.45) is 5.98. The molecule has 0 spiro atoms. The number of fused-ring (bicyclic) bond motifs is 1. The topological polar surface area (TPSA) is 121 Å². The molecule has 0 bridgehead atoms. The lowest BCUT2D eigenvalue weighted by Crippen LogP contribution is -2.38. The van der Waals surface area contributed by atoms with Gasteiger partial charge < -0.3 is 20.7 Å². The third-order valence-electron chi connectivity index (χ3n) is 5.40. The fraction of sp³-hybridized carbons (Fsp3) is 0.292. The van der Waals surface area contributed by atoms with Gasteiger partial charge in [-0.3, -0.25) is 14.5 Å². The molecule has 0 atom stereocenters. The van der Waals surface area contributed by atoms with Gasteiger partial charge in [-0.2, -0.15) is 0 Å². The molecular weight excluding hydrogens is 489 g/mol. The van der Waals surface area contributed by atoms with E-state index < -0.39 is 11.7 Å². The zero-order chi connectivity index (χ0) is 25.3. The van der Waals surface area contributed by atoms with E-state index in [1.165, 1.54) is 36.8 Å². The van der Waals surface area contributed by atoms with Crippen LogP contribution in [0.15, 0.2) is 48.9 Å². The first-order chi connectivity index (χ1) is 17.5. The number of hydrogen-bond donors (Lipinski definition) is 3. The number of anilines is 3. The molecule has 10 nitrogen and oxygen atoms in total. The Kier molecular flexibility index (Phi) is 8.71. The van der Waals surface area contributed by atoms with Crippen molar-refractivity contribution in [3.05, 3.63) is 59.8 Å². The molecule has 36 heavy (non-hydrogen) atoms. The number of hydrogen-bond acceptors (Lipinski definition) is 8. The van der Waals surface area contributed by atoms with Crippen molar-refractivity contribution < 1.29 is 18.7 Å². The number of aromatic nitrogens is 3. The van der Waals surface area contributed by atoms with Crippen molar-refractivity contribution in [2.45, 2.75) is 6.42 Å². The number of nitrogens with zero attached hydrogens (tertiary/aromatic N) is 4. The van der Waals surface area contributed by atoms with E-state index in [1.807, 2.05) is 0 Å². The average Bonchev–Trinajstić information content (AvgIpc) is 2.88. The standard InChI is InChI=1S/C24H25ClFN7O3/c25-18-12-16(2-3-19(18)26)31-24-17-13-21(28-14-20(17)29-15-30-24)32-23(35)5-4-22(34)27-6-1-7-33-8-10-36-11-9-33/h2-5,12-15H,1,6-11H2,(H,27,34)(H,28,32,35)(H,29,30,31)/b5-4+. The van der Waals surface area contributed by atoms with E-state index in [9.17, 15) is 14.0 Å². The van der Waals surface area contributed by atoms with Crippen molar-refractivity contribution in [2.24, 2.45) is 0 Å². The fourth-order valence-electron chi connectivity index (χ4n) is 3.55. The molecule has 1 aliphatic rings. The summed E-state index contributed by atoms with van der Waals surface area (Å²) in [5.41, 5.74) is 1.06. The summed E-state index contributed by atoms with van der Waals surface area (Å²) in [5.74, 6) is -0.720. The van der Waals surface area contributed by atoms with Gasteiger partial charge in [-0.05, 0) is 37.2 Å². The lowest BCUT2D eigenvalue weighted by atomic mass is 10.2. The van der Waals surface area contributed by atoms with Crippen LogP contribution in [0.4, 0.5) is 21.7 Å². The molecule has 1 saturated heterocycles. The van der Waals surface area contributed by atoms with Gasteiger partial charge in [0.25, 0.3) is 0 Å². The Morgan fingerprint density at radius 2 is 1.92 bits per heavy atom. The second-order valence-corrected chi connectivity index (χ2v) is 8.39. The molecule has 4 rings (SSSR count). The first-order valence-corrected chi connectivity index (χ1v) is 11.8. The quantitative estimate of drug-likeness (QED) is 0.295. The van der Waals surface area contributed by atoms with Crippen LogP contribution in [0, 0.1) is 5.82 Å². The minimum Gasteiger partial charge on any atom is -0.379 e. The van der Waals surface area contributed by atoms with Crippen molar-refractivity contribution in [1.29, 1.82) is 0 Å². The van der Waals surface area contributed by atoms with Crippen molar-refractivity contribution in [3.8, 4) is 0 Å². The summed E-state index contributed by atoms with van der Waals surface area (Å²) >= 11 is 5.85. The monoisotopic (exact) mass is 513 g/mol. The Bertz CT molecular complexity index is 1270. The van der Waals surface area contributed by atoms with Crippen LogP contribution >= 0.6 is 11.6 Å². The second-order valence-electron chi connectivity index (χ2n) is 7.98. The van der Waals surface area contributed by atoms with Crippen LogP contribution in [0.5, 0.6) is 0 Å². The summed E-state index contributed by atoms with van der Waals surface area (Å²) in [6.45, 7) is 4.69. The van der Waals surface area contributed by atoms with Gasteiger partial charge in [0.1, 0.15) is 23.8 Å². The third-order valence-corrected chi connectivity index (χ3v) is 5.69. The van der Waals surface area contributed by atoms with E-state index in [1.54, 1.807) is 6.07 Å². The van der Waals surface area contributed by atoms with E-state index in [4.69, 9.17) is 16.3 Å². The maximum Gasteiger partial charge on any atom is 0.249 e. The smallest absolute Gasteiger partial charge is 0.249 e. The van der Waals surface area contributed by atoms with Crippen LogP contribution in [-0.2, 0) is 14.3 Å². The van der Waals surface area contributed by atoms with Gasteiger partial charge >= 0.3 is 0 Å². The molecule has 3 heterocycles. The number of halogens is 2. The van der Waals surface area contributed by atoms with Crippen molar-refractivity contribution in [3.63, 3.8) is 0 Å². The minimum absolute atomic E-state index is 0.0269. The number of rotatable bonds is 9. The van der Waals surface area contributed by atoms with Gasteiger partial charge in [-0.25, -0.2) is 19.3 Å². The number of carbonyl (C=O) groups is 2. The zero-order valence-corrected chi connectivity index (χ0v) is 20.1. The molecule has 2 amide bonds. The van der Waals surface area contributed by atoms with Crippen LogP contribution in [-0.4, -0.2) is 71.1 Å². The number of pyridine rings is 1. The lowest BCUT2D eigenvalue weighted by molar-refractivity contribution is -0.117. The first kappa shape index (κ1) is 25.4. The highest BCUT2D eigenvalue weighted by molar-refractivity contribution is 6.31. The highest BCUT2D eigenvalue weighted by atomic mass is 35.5. The highest BCUT2D eigenvalue weighted by Gasteiger charge is 2.11. The van der Waals surface area contributed by atoms with Gasteiger partial charge in [0.2, 0.25) is 11.8 Å². The minimum atomic E-state index is -0.529. The van der Waals surface area contributed by atoms with Crippen LogP contribution in [0.25, 0.3) is 10.9 Å². The molecule has 3 N–H and O–H groups in total. The van der Waals surface area contributed by atoms with Crippen LogP contribution < -0.4 is 16.0 Å². The molecule has 1 aliphatic heterocycles. The van der Waals surface area contributed by atoms with Gasteiger partial charge in [-0.1, -0.05) is 11.6 Å². The largest absolute Gasteiger partial charge is 0.379 e. The summed E-state index contributed by atoms with van der Waals surface area (Å²) in [5, 5.41) is 8.99. The van der Waals surface area contributed by atoms with Crippen molar-refractivity contribution >= 4 is 51.6 Å².